The maximum absolute atomic E-state index is 12.8. The summed E-state index contributed by atoms with van der Waals surface area (Å²) in [5.74, 6) is -1.93. The van der Waals surface area contributed by atoms with E-state index in [0.717, 1.165) is 17.5 Å². The number of benzene rings is 2. The van der Waals surface area contributed by atoms with Gasteiger partial charge in [0.1, 0.15) is 16.8 Å². The molecule has 0 radical (unpaired) electrons. The van der Waals surface area contributed by atoms with E-state index in [2.05, 4.69) is 15.2 Å². The first-order valence-electron chi connectivity index (χ1n) is 11.5. The number of rotatable bonds is 12. The Bertz CT molecular complexity index is 1500. The maximum atomic E-state index is 12.8. The van der Waals surface area contributed by atoms with Crippen molar-refractivity contribution in [3.05, 3.63) is 76.1 Å². The van der Waals surface area contributed by atoms with Crippen LogP contribution >= 0.6 is 0 Å². The van der Waals surface area contributed by atoms with Crippen molar-refractivity contribution in [1.82, 2.24) is 15.0 Å². The maximum Gasteiger partial charge on any atom is 0.307 e. The molecule has 0 saturated heterocycles. The van der Waals surface area contributed by atoms with E-state index < -0.39 is 17.7 Å². The molecule has 0 bridgehead atoms. The van der Waals surface area contributed by atoms with Crippen LogP contribution in [-0.2, 0) is 11.3 Å². The van der Waals surface area contributed by atoms with Crippen molar-refractivity contribution in [2.24, 2.45) is 5.92 Å². The summed E-state index contributed by atoms with van der Waals surface area (Å²) in [5.41, 5.74) is 0.587. The van der Waals surface area contributed by atoms with Crippen LogP contribution in [0.1, 0.15) is 36.2 Å². The Balaban J connectivity index is 1.40. The lowest BCUT2D eigenvalue weighted by Gasteiger charge is -2.11. The number of carboxylic acid groups (broad SMARTS) is 1. The number of aromatic nitrogens is 3. The minimum Gasteiger partial charge on any atom is -0.494 e. The fourth-order valence-corrected chi connectivity index (χ4v) is 3.82. The molecule has 0 fully saturated rings. The number of carbonyl (C=O) groups is 2. The molecule has 2 heterocycles. The van der Waals surface area contributed by atoms with Crippen molar-refractivity contribution in [2.45, 2.75) is 32.2 Å². The van der Waals surface area contributed by atoms with Gasteiger partial charge in [-0.1, -0.05) is 17.3 Å². The molecule has 10 heteroatoms. The zero-order chi connectivity index (χ0) is 25.5. The van der Waals surface area contributed by atoms with Crippen molar-refractivity contribution in [1.29, 1.82) is 0 Å². The molecular formula is C26H24N4O6. The average Bonchev–Trinajstić information content (AvgIpc) is 3.31. The van der Waals surface area contributed by atoms with E-state index in [4.69, 9.17) is 15.7 Å². The highest BCUT2D eigenvalue weighted by Crippen LogP contribution is 2.26. The quantitative estimate of drug-likeness (QED) is 0.180. The topological polar surface area (TPSA) is 129 Å². The minimum atomic E-state index is -1.14. The monoisotopic (exact) mass is 488 g/mol. The summed E-state index contributed by atoms with van der Waals surface area (Å²) >= 11 is 0. The van der Waals surface area contributed by atoms with Gasteiger partial charge in [-0.2, -0.15) is 0 Å². The number of unbranched alkanes of at least 4 members (excludes halogenated alkanes) is 1. The molecule has 4 aromatic rings. The second-order valence-corrected chi connectivity index (χ2v) is 8.33. The van der Waals surface area contributed by atoms with E-state index in [0.29, 0.717) is 40.8 Å². The highest BCUT2D eigenvalue weighted by Gasteiger charge is 2.24. The summed E-state index contributed by atoms with van der Waals surface area (Å²) < 4.78 is 12.5. The second kappa shape index (κ2) is 11.3. The highest BCUT2D eigenvalue weighted by atomic mass is 16.5. The van der Waals surface area contributed by atoms with Gasteiger partial charge in [-0.25, -0.2) is 11.3 Å². The van der Waals surface area contributed by atoms with Gasteiger partial charge >= 0.3 is 5.97 Å². The first-order valence-corrected chi connectivity index (χ1v) is 11.5. The minimum absolute atomic E-state index is 0.0115. The Morgan fingerprint density at radius 3 is 2.81 bits per heavy atom. The number of carboxylic acids is 1. The molecule has 1 atom stereocenters. The molecule has 36 heavy (non-hydrogen) atoms. The van der Waals surface area contributed by atoms with Crippen molar-refractivity contribution >= 4 is 33.6 Å². The van der Waals surface area contributed by atoms with Crippen LogP contribution in [0.3, 0.4) is 0 Å². The Hall–Kier alpha value is -4.52. The third kappa shape index (κ3) is 5.75. The van der Waals surface area contributed by atoms with E-state index in [1.165, 1.54) is 0 Å². The zero-order valence-electron chi connectivity index (χ0n) is 19.4. The normalized spacial score (nSPS) is 11.9. The summed E-state index contributed by atoms with van der Waals surface area (Å²) in [4.78, 5) is 40.6. The van der Waals surface area contributed by atoms with E-state index in [9.17, 15) is 19.5 Å². The number of nitrogens with zero attached hydrogens (tertiary/aromatic N) is 4. The van der Waals surface area contributed by atoms with E-state index in [1.807, 2.05) is 0 Å². The van der Waals surface area contributed by atoms with Crippen molar-refractivity contribution in [2.75, 3.05) is 13.2 Å². The molecule has 0 amide bonds. The highest BCUT2D eigenvalue weighted by molar-refractivity contribution is 5.99. The lowest BCUT2D eigenvalue weighted by Crippen LogP contribution is -2.27. The second-order valence-electron chi connectivity index (χ2n) is 8.33. The van der Waals surface area contributed by atoms with Gasteiger partial charge < -0.3 is 19.1 Å². The SMILES string of the molecule is [C-]#[N+]CCCCOc1ccc2oc(C(=O)CC(CCn3nnc4ccccc4c3=O)C(=O)O)cc2c1. The molecule has 0 aliphatic rings. The van der Waals surface area contributed by atoms with E-state index >= 15 is 0 Å². The number of fused-ring (bicyclic) bond motifs is 2. The van der Waals surface area contributed by atoms with Crippen molar-refractivity contribution < 1.29 is 23.8 Å². The molecule has 4 rings (SSSR count). The number of aliphatic carboxylic acids is 1. The molecule has 2 aromatic heterocycles. The molecule has 10 nitrogen and oxygen atoms in total. The molecule has 1 N–H and O–H groups in total. The van der Waals surface area contributed by atoms with Gasteiger partial charge in [0.25, 0.3) is 5.56 Å². The Labute approximate surface area is 205 Å². The van der Waals surface area contributed by atoms with Crippen LogP contribution in [0.4, 0.5) is 0 Å². The molecule has 0 aliphatic carbocycles. The average molecular weight is 489 g/mol. The van der Waals surface area contributed by atoms with Crippen molar-refractivity contribution in [3.63, 3.8) is 0 Å². The van der Waals surface area contributed by atoms with Gasteiger partial charge in [0, 0.05) is 24.8 Å². The predicted molar refractivity (Wildman–Crippen MR) is 131 cm³/mol. The third-order valence-corrected chi connectivity index (χ3v) is 5.80. The summed E-state index contributed by atoms with van der Waals surface area (Å²) in [5, 5.41) is 18.6. The summed E-state index contributed by atoms with van der Waals surface area (Å²) in [6.07, 6.45) is 1.28. The summed E-state index contributed by atoms with van der Waals surface area (Å²) in [6.45, 7) is 7.75. The predicted octanol–water partition coefficient (Wildman–Crippen LogP) is 3.98. The number of Topliss-reactive ketones (excluding diaryl/α,β-unsaturated/α-hetero) is 1. The molecular weight excluding hydrogens is 464 g/mol. The van der Waals surface area contributed by atoms with Gasteiger partial charge in [0.2, 0.25) is 6.54 Å². The lowest BCUT2D eigenvalue weighted by atomic mass is 9.98. The van der Waals surface area contributed by atoms with Crippen LogP contribution < -0.4 is 10.3 Å². The van der Waals surface area contributed by atoms with Gasteiger partial charge in [-0.05, 0) is 49.2 Å². The fraction of sp³-hybridized carbons (Fsp3) is 0.308. The zero-order valence-corrected chi connectivity index (χ0v) is 19.4. The molecule has 0 spiro atoms. The Kier molecular flexibility index (Phi) is 7.70. The van der Waals surface area contributed by atoms with Gasteiger partial charge in [-0.3, -0.25) is 14.4 Å². The number of ketones is 1. The van der Waals surface area contributed by atoms with Crippen LogP contribution in [0.25, 0.3) is 26.7 Å². The first-order chi connectivity index (χ1) is 17.5. The number of hydrogen-bond donors (Lipinski definition) is 1. The van der Waals surface area contributed by atoms with Crippen LogP contribution in [0.2, 0.25) is 0 Å². The molecule has 0 saturated carbocycles. The van der Waals surface area contributed by atoms with Gasteiger partial charge in [0.15, 0.2) is 11.5 Å². The molecule has 1 unspecified atom stereocenters. The Morgan fingerprint density at radius 2 is 2.00 bits per heavy atom. The summed E-state index contributed by atoms with van der Waals surface area (Å²) in [7, 11) is 0. The van der Waals surface area contributed by atoms with Crippen LogP contribution in [0.15, 0.2) is 57.7 Å². The van der Waals surface area contributed by atoms with Crippen LogP contribution in [-0.4, -0.2) is 45.0 Å². The smallest absolute Gasteiger partial charge is 0.307 e. The van der Waals surface area contributed by atoms with Crippen molar-refractivity contribution in [3.8, 4) is 5.75 Å². The number of furan rings is 1. The van der Waals surface area contributed by atoms with Crippen LogP contribution in [0, 0.1) is 12.5 Å². The third-order valence-electron chi connectivity index (χ3n) is 5.80. The molecule has 0 aliphatic heterocycles. The van der Waals surface area contributed by atoms with Crippen LogP contribution in [0.5, 0.6) is 5.75 Å². The standard InChI is InChI=1S/C26H24N4O6/c1-27-11-4-5-13-35-19-8-9-23-18(14-19)16-24(36-23)22(31)15-17(26(33)34)10-12-30-25(32)20-6-2-3-7-21(20)28-29-30/h2-3,6-9,14,16-17H,4-5,10-13,15H2,(H,33,34). The fourth-order valence-electron chi connectivity index (χ4n) is 3.82. The van der Waals surface area contributed by atoms with E-state index in [-0.39, 0.29) is 30.7 Å². The van der Waals surface area contributed by atoms with E-state index in [1.54, 1.807) is 48.5 Å². The largest absolute Gasteiger partial charge is 0.494 e. The van der Waals surface area contributed by atoms with Gasteiger partial charge in [0.05, 0.1) is 17.9 Å². The van der Waals surface area contributed by atoms with Gasteiger partial charge in [-0.15, -0.1) is 5.10 Å². The number of ether oxygens (including phenoxy) is 1. The number of hydrogen-bond acceptors (Lipinski definition) is 7. The molecule has 184 valence electrons. The Morgan fingerprint density at radius 1 is 1.17 bits per heavy atom. The molecule has 2 aromatic carbocycles. The first kappa shape index (κ1) is 24.6. The summed E-state index contributed by atoms with van der Waals surface area (Å²) in [6, 6.07) is 13.5. The number of carbonyl (C=O) groups excluding carboxylic acids is 1. The number of aryl methyl sites for hydroxylation is 1. The lowest BCUT2D eigenvalue weighted by molar-refractivity contribution is -0.142.